The standard InChI is InChI=1S/C10H14Cl2N2S/c1-4-13-9-7(11)5-8(12)10(14-9)15-6(2)3/h5-6H,4H2,1-3H3,(H,13,14). The second-order valence-corrected chi connectivity index (χ2v) is 5.68. The fourth-order valence-corrected chi connectivity index (χ4v) is 2.37. The van der Waals surface area contributed by atoms with E-state index in [1.807, 2.05) is 6.92 Å². The third-order valence-electron chi connectivity index (χ3n) is 1.59. The predicted molar refractivity (Wildman–Crippen MR) is 69.4 cm³/mol. The van der Waals surface area contributed by atoms with E-state index in [0.29, 0.717) is 21.1 Å². The van der Waals surface area contributed by atoms with Gasteiger partial charge in [-0.25, -0.2) is 4.98 Å². The number of anilines is 1. The first-order valence-corrected chi connectivity index (χ1v) is 6.44. The predicted octanol–water partition coefficient (Wildman–Crippen LogP) is 4.32. The molecular weight excluding hydrogens is 251 g/mol. The fraction of sp³-hybridized carbons (Fsp3) is 0.500. The van der Waals surface area contributed by atoms with Crippen LogP contribution < -0.4 is 5.32 Å². The zero-order valence-corrected chi connectivity index (χ0v) is 11.3. The van der Waals surface area contributed by atoms with Crippen molar-refractivity contribution in [3.05, 3.63) is 16.1 Å². The van der Waals surface area contributed by atoms with Crippen molar-refractivity contribution in [1.29, 1.82) is 0 Å². The van der Waals surface area contributed by atoms with Gasteiger partial charge in [-0.05, 0) is 13.0 Å². The summed E-state index contributed by atoms with van der Waals surface area (Å²) in [6.07, 6.45) is 0. The number of thioether (sulfide) groups is 1. The Morgan fingerprint density at radius 3 is 2.60 bits per heavy atom. The number of pyridine rings is 1. The fourth-order valence-electron chi connectivity index (χ4n) is 1.05. The molecule has 0 fully saturated rings. The van der Waals surface area contributed by atoms with Gasteiger partial charge in [0, 0.05) is 11.8 Å². The van der Waals surface area contributed by atoms with Crippen LogP contribution in [0.4, 0.5) is 5.82 Å². The van der Waals surface area contributed by atoms with E-state index >= 15 is 0 Å². The molecule has 1 N–H and O–H groups in total. The molecule has 0 atom stereocenters. The SMILES string of the molecule is CCNc1nc(SC(C)C)c(Cl)cc1Cl. The molecule has 84 valence electrons. The Bertz CT molecular complexity index is 342. The smallest absolute Gasteiger partial charge is 0.146 e. The molecule has 1 rings (SSSR count). The first-order valence-electron chi connectivity index (χ1n) is 4.81. The van der Waals surface area contributed by atoms with Gasteiger partial charge in [0.05, 0.1) is 10.0 Å². The molecule has 0 saturated heterocycles. The van der Waals surface area contributed by atoms with Crippen molar-refractivity contribution < 1.29 is 0 Å². The van der Waals surface area contributed by atoms with E-state index < -0.39 is 0 Å². The molecule has 0 aliphatic carbocycles. The van der Waals surface area contributed by atoms with Crippen LogP contribution in [0.5, 0.6) is 0 Å². The molecule has 5 heteroatoms. The lowest BCUT2D eigenvalue weighted by molar-refractivity contribution is 1.06. The van der Waals surface area contributed by atoms with E-state index in [-0.39, 0.29) is 0 Å². The van der Waals surface area contributed by atoms with Crippen molar-refractivity contribution in [1.82, 2.24) is 4.98 Å². The molecule has 0 bridgehead atoms. The van der Waals surface area contributed by atoms with Gasteiger partial charge in [-0.1, -0.05) is 37.0 Å². The van der Waals surface area contributed by atoms with Gasteiger partial charge in [0.15, 0.2) is 0 Å². The van der Waals surface area contributed by atoms with Crippen LogP contribution in [0.1, 0.15) is 20.8 Å². The first-order chi connectivity index (χ1) is 7.04. The van der Waals surface area contributed by atoms with Crippen molar-refractivity contribution in [2.75, 3.05) is 11.9 Å². The Morgan fingerprint density at radius 1 is 1.40 bits per heavy atom. The molecular formula is C10H14Cl2N2S. The van der Waals surface area contributed by atoms with Gasteiger partial charge >= 0.3 is 0 Å². The molecule has 0 spiro atoms. The average molecular weight is 265 g/mol. The molecule has 0 radical (unpaired) electrons. The zero-order chi connectivity index (χ0) is 11.4. The van der Waals surface area contributed by atoms with Gasteiger partial charge in [0.25, 0.3) is 0 Å². The van der Waals surface area contributed by atoms with Crippen LogP contribution >= 0.6 is 35.0 Å². The summed E-state index contributed by atoms with van der Waals surface area (Å²) in [6.45, 7) is 7.00. The van der Waals surface area contributed by atoms with E-state index in [4.69, 9.17) is 23.2 Å². The molecule has 0 unspecified atom stereocenters. The quantitative estimate of drug-likeness (QED) is 0.820. The zero-order valence-electron chi connectivity index (χ0n) is 8.97. The number of rotatable bonds is 4. The third-order valence-corrected chi connectivity index (χ3v) is 3.28. The van der Waals surface area contributed by atoms with E-state index in [0.717, 1.165) is 11.6 Å². The molecule has 15 heavy (non-hydrogen) atoms. The third kappa shape index (κ3) is 3.74. The maximum Gasteiger partial charge on any atom is 0.146 e. The van der Waals surface area contributed by atoms with E-state index in [2.05, 4.69) is 24.1 Å². The van der Waals surface area contributed by atoms with Crippen LogP contribution in [0.2, 0.25) is 10.0 Å². The van der Waals surface area contributed by atoms with Crippen molar-refractivity contribution in [3.8, 4) is 0 Å². The highest BCUT2D eigenvalue weighted by atomic mass is 35.5. The van der Waals surface area contributed by atoms with Crippen LogP contribution in [-0.2, 0) is 0 Å². The molecule has 1 heterocycles. The van der Waals surface area contributed by atoms with E-state index in [9.17, 15) is 0 Å². The maximum atomic E-state index is 6.05. The van der Waals surface area contributed by atoms with Crippen LogP contribution in [0.3, 0.4) is 0 Å². The number of nitrogens with one attached hydrogen (secondary N) is 1. The Hall–Kier alpha value is -0.120. The van der Waals surface area contributed by atoms with E-state index in [1.165, 1.54) is 0 Å². The number of halogens is 2. The molecule has 0 aromatic carbocycles. The van der Waals surface area contributed by atoms with Crippen molar-refractivity contribution >= 4 is 40.8 Å². The van der Waals surface area contributed by atoms with Gasteiger partial charge < -0.3 is 5.32 Å². The van der Waals surface area contributed by atoms with Gasteiger partial charge in [0.1, 0.15) is 10.8 Å². The maximum absolute atomic E-state index is 6.05. The largest absolute Gasteiger partial charge is 0.369 e. The number of hydrogen-bond donors (Lipinski definition) is 1. The Kier molecular flexibility index (Phi) is 5.03. The lowest BCUT2D eigenvalue weighted by Gasteiger charge is -2.10. The summed E-state index contributed by atoms with van der Waals surface area (Å²) in [5, 5.41) is 5.55. The Morgan fingerprint density at radius 2 is 2.07 bits per heavy atom. The lowest BCUT2D eigenvalue weighted by atomic mass is 10.4. The summed E-state index contributed by atoms with van der Waals surface area (Å²) in [4.78, 5) is 4.39. The minimum Gasteiger partial charge on any atom is -0.369 e. The summed E-state index contributed by atoms with van der Waals surface area (Å²) >= 11 is 13.7. The normalized spacial score (nSPS) is 10.8. The molecule has 0 amide bonds. The second kappa shape index (κ2) is 5.83. The molecule has 0 aliphatic rings. The van der Waals surface area contributed by atoms with Crippen molar-refractivity contribution in [3.63, 3.8) is 0 Å². The molecule has 1 aromatic rings. The molecule has 0 saturated carbocycles. The highest BCUT2D eigenvalue weighted by Gasteiger charge is 2.10. The topological polar surface area (TPSA) is 24.9 Å². The summed E-state index contributed by atoms with van der Waals surface area (Å²) in [5.74, 6) is 0.701. The van der Waals surface area contributed by atoms with Crippen LogP contribution in [0.25, 0.3) is 0 Å². The van der Waals surface area contributed by atoms with Crippen molar-refractivity contribution in [2.24, 2.45) is 0 Å². The number of aromatic nitrogens is 1. The lowest BCUT2D eigenvalue weighted by Crippen LogP contribution is -2.01. The van der Waals surface area contributed by atoms with Gasteiger partial charge in [-0.2, -0.15) is 0 Å². The van der Waals surface area contributed by atoms with Gasteiger partial charge in [0.2, 0.25) is 0 Å². The molecule has 1 aromatic heterocycles. The monoisotopic (exact) mass is 264 g/mol. The second-order valence-electron chi connectivity index (χ2n) is 3.30. The summed E-state index contributed by atoms with van der Waals surface area (Å²) in [6, 6.07) is 1.73. The molecule has 0 aliphatic heterocycles. The minimum atomic E-state index is 0.450. The van der Waals surface area contributed by atoms with Crippen LogP contribution in [0.15, 0.2) is 11.1 Å². The summed E-state index contributed by atoms with van der Waals surface area (Å²) in [5.41, 5.74) is 0. The van der Waals surface area contributed by atoms with E-state index in [1.54, 1.807) is 17.8 Å². The number of hydrogen-bond acceptors (Lipinski definition) is 3. The first kappa shape index (κ1) is 12.9. The van der Waals surface area contributed by atoms with Crippen molar-refractivity contribution in [2.45, 2.75) is 31.0 Å². The van der Waals surface area contributed by atoms with Gasteiger partial charge in [-0.3, -0.25) is 0 Å². The Labute approximate surface area is 105 Å². The highest BCUT2D eigenvalue weighted by molar-refractivity contribution is 7.99. The van der Waals surface area contributed by atoms with Crippen LogP contribution in [0, 0.1) is 0 Å². The Balaban J connectivity index is 3.00. The average Bonchev–Trinajstić information content (AvgIpc) is 2.12. The highest BCUT2D eigenvalue weighted by Crippen LogP contribution is 2.33. The van der Waals surface area contributed by atoms with Crippen LogP contribution in [-0.4, -0.2) is 16.8 Å². The minimum absolute atomic E-state index is 0.450. The summed E-state index contributed by atoms with van der Waals surface area (Å²) in [7, 11) is 0. The van der Waals surface area contributed by atoms with Gasteiger partial charge in [-0.15, -0.1) is 11.8 Å². The summed E-state index contributed by atoms with van der Waals surface area (Å²) < 4.78 is 0. The number of nitrogens with zero attached hydrogens (tertiary/aromatic N) is 1. The molecule has 2 nitrogen and oxygen atoms in total.